The predicted octanol–water partition coefficient (Wildman–Crippen LogP) is 1.57. The molecular formula is C17H24N4O3S. The van der Waals surface area contributed by atoms with Crippen molar-refractivity contribution >= 4 is 15.9 Å². The van der Waals surface area contributed by atoms with Gasteiger partial charge in [0, 0.05) is 38.4 Å². The topological polar surface area (TPSA) is 84.3 Å². The highest BCUT2D eigenvalue weighted by atomic mass is 32.2. The summed E-state index contributed by atoms with van der Waals surface area (Å²) in [5.41, 5.74) is 2.44. The van der Waals surface area contributed by atoms with Crippen molar-refractivity contribution in [2.45, 2.75) is 31.7 Å². The largest absolute Gasteiger partial charge is 0.355 e. The fraction of sp³-hybridized carbons (Fsp3) is 0.412. The molecule has 0 bridgehead atoms. The Labute approximate surface area is 148 Å². The second-order valence-corrected chi connectivity index (χ2v) is 7.98. The molecule has 0 atom stereocenters. The van der Waals surface area contributed by atoms with Gasteiger partial charge < -0.3 is 5.32 Å². The zero-order valence-corrected chi connectivity index (χ0v) is 15.8. The number of nitrogens with zero attached hydrogens (tertiary/aromatic N) is 3. The molecule has 2 aromatic rings. The Morgan fingerprint density at radius 2 is 1.88 bits per heavy atom. The van der Waals surface area contributed by atoms with Gasteiger partial charge >= 0.3 is 0 Å². The Hall–Kier alpha value is -2.19. The van der Waals surface area contributed by atoms with Crippen molar-refractivity contribution in [3.05, 3.63) is 47.3 Å². The predicted molar refractivity (Wildman–Crippen MR) is 96.0 cm³/mol. The summed E-state index contributed by atoms with van der Waals surface area (Å²) in [6, 6.07) is 7.92. The smallest absolute Gasteiger partial charge is 0.251 e. The number of hydrogen-bond donors (Lipinski definition) is 1. The number of carbonyl (C=O) groups excluding carboxylic acids is 1. The minimum absolute atomic E-state index is 0.175. The zero-order chi connectivity index (χ0) is 18.6. The maximum atomic E-state index is 12.6. The van der Waals surface area contributed by atoms with Gasteiger partial charge in [-0.25, -0.2) is 12.7 Å². The number of aromatic nitrogens is 2. The summed E-state index contributed by atoms with van der Waals surface area (Å²) in [7, 11) is -0.486. The highest BCUT2D eigenvalue weighted by Crippen LogP contribution is 2.16. The Balaban J connectivity index is 2.00. The van der Waals surface area contributed by atoms with Crippen molar-refractivity contribution in [2.24, 2.45) is 0 Å². The molecule has 0 saturated heterocycles. The Morgan fingerprint density at radius 3 is 2.40 bits per heavy atom. The minimum Gasteiger partial charge on any atom is -0.355 e. The van der Waals surface area contributed by atoms with E-state index in [1.54, 1.807) is 7.05 Å². The van der Waals surface area contributed by atoms with Crippen molar-refractivity contribution in [1.29, 1.82) is 0 Å². The zero-order valence-electron chi connectivity index (χ0n) is 15.0. The van der Waals surface area contributed by atoms with Gasteiger partial charge in [0.05, 0.1) is 10.6 Å². The lowest BCUT2D eigenvalue weighted by Gasteiger charge is -2.17. The van der Waals surface area contributed by atoms with Crippen LogP contribution in [0, 0.1) is 13.8 Å². The van der Waals surface area contributed by atoms with E-state index in [1.807, 2.05) is 24.6 Å². The van der Waals surface area contributed by atoms with Gasteiger partial charge in [-0.1, -0.05) is 0 Å². The molecule has 2 rings (SSSR count). The molecule has 8 heteroatoms. The summed E-state index contributed by atoms with van der Waals surface area (Å²) in [5.74, 6) is -0.248. The number of carbonyl (C=O) groups is 1. The molecule has 0 aliphatic heterocycles. The molecule has 1 aromatic carbocycles. The van der Waals surface area contributed by atoms with Crippen LogP contribution >= 0.6 is 0 Å². The Kier molecular flexibility index (Phi) is 5.97. The Morgan fingerprint density at radius 1 is 1.24 bits per heavy atom. The monoisotopic (exact) mass is 364 g/mol. The third kappa shape index (κ3) is 4.46. The van der Waals surface area contributed by atoms with Crippen LogP contribution in [0.15, 0.2) is 35.2 Å². The van der Waals surface area contributed by atoms with E-state index in [2.05, 4.69) is 10.4 Å². The summed E-state index contributed by atoms with van der Waals surface area (Å²) in [6.07, 6.45) is 0.661. The normalized spacial score (nSPS) is 11.7. The summed E-state index contributed by atoms with van der Waals surface area (Å²) in [5, 5.41) is 6.88. The molecule has 1 heterocycles. The van der Waals surface area contributed by atoms with E-state index in [0.29, 0.717) is 25.1 Å². The van der Waals surface area contributed by atoms with Crippen molar-refractivity contribution in [1.82, 2.24) is 19.4 Å². The number of hydrogen-bond acceptors (Lipinski definition) is 4. The molecule has 0 spiro atoms. The summed E-state index contributed by atoms with van der Waals surface area (Å²) >= 11 is 0. The first kappa shape index (κ1) is 19.1. The molecule has 0 radical (unpaired) electrons. The average Bonchev–Trinajstić information content (AvgIpc) is 2.91. The van der Waals surface area contributed by atoms with Crippen LogP contribution in [-0.4, -0.2) is 49.1 Å². The first-order valence-electron chi connectivity index (χ1n) is 8.05. The van der Waals surface area contributed by atoms with Crippen LogP contribution in [0.3, 0.4) is 0 Å². The van der Waals surface area contributed by atoms with Gasteiger partial charge in [-0.05, 0) is 50.6 Å². The molecule has 0 aliphatic rings. The van der Waals surface area contributed by atoms with Gasteiger partial charge in [-0.15, -0.1) is 0 Å². The van der Waals surface area contributed by atoms with E-state index >= 15 is 0 Å². The van der Waals surface area contributed by atoms with Crippen molar-refractivity contribution in [3.63, 3.8) is 0 Å². The first-order valence-corrected chi connectivity index (χ1v) is 9.49. The van der Waals surface area contributed by atoms with Crippen LogP contribution in [0.1, 0.15) is 28.2 Å². The highest BCUT2D eigenvalue weighted by Gasteiger charge is 2.20. The molecule has 1 aromatic heterocycles. The van der Waals surface area contributed by atoms with Gasteiger partial charge in [-0.3, -0.25) is 9.48 Å². The molecule has 0 fully saturated rings. The highest BCUT2D eigenvalue weighted by molar-refractivity contribution is 7.89. The molecule has 0 saturated carbocycles. The molecule has 0 unspecified atom stereocenters. The second-order valence-electron chi connectivity index (χ2n) is 5.93. The summed E-state index contributed by atoms with van der Waals surface area (Å²) < 4.78 is 28.4. The molecule has 0 aliphatic carbocycles. The fourth-order valence-corrected chi connectivity index (χ4v) is 3.78. The van der Waals surface area contributed by atoms with Crippen molar-refractivity contribution in [3.8, 4) is 0 Å². The maximum Gasteiger partial charge on any atom is 0.251 e. The van der Waals surface area contributed by atoms with Crippen molar-refractivity contribution in [2.75, 3.05) is 20.6 Å². The van der Waals surface area contributed by atoms with Gasteiger partial charge in [0.2, 0.25) is 10.0 Å². The lowest BCUT2D eigenvalue weighted by Crippen LogP contribution is -2.29. The summed E-state index contributed by atoms with van der Waals surface area (Å²) in [4.78, 5) is 11.7. The quantitative estimate of drug-likeness (QED) is 0.808. The molecular weight excluding hydrogens is 340 g/mol. The number of amides is 1. The van der Waals surface area contributed by atoms with Gasteiger partial charge in [-0.2, -0.15) is 5.10 Å². The molecule has 25 heavy (non-hydrogen) atoms. The molecule has 1 N–H and O–H groups in total. The van der Waals surface area contributed by atoms with E-state index in [1.165, 1.54) is 35.6 Å². The molecule has 7 nitrogen and oxygen atoms in total. The van der Waals surface area contributed by atoms with Gasteiger partial charge in [0.1, 0.15) is 0 Å². The first-order chi connectivity index (χ1) is 11.8. The SMILES string of the molecule is CNC(=O)c1ccc(S(=O)(=O)N(C)CCCn2nc(C)cc2C)cc1. The number of nitrogens with one attached hydrogen (secondary N) is 1. The average molecular weight is 364 g/mol. The van der Waals surface area contributed by atoms with Gasteiger partial charge in [0.25, 0.3) is 5.91 Å². The third-order valence-electron chi connectivity index (χ3n) is 4.00. The van der Waals surface area contributed by atoms with E-state index in [4.69, 9.17) is 0 Å². The van der Waals surface area contributed by atoms with Gasteiger partial charge in [0.15, 0.2) is 0 Å². The van der Waals surface area contributed by atoms with E-state index in [0.717, 1.165) is 11.4 Å². The maximum absolute atomic E-state index is 12.6. The van der Waals surface area contributed by atoms with Crippen LogP contribution in [0.2, 0.25) is 0 Å². The Bertz CT molecular complexity index is 841. The summed E-state index contributed by atoms with van der Waals surface area (Å²) in [6.45, 7) is 4.96. The van der Waals surface area contributed by atoms with E-state index in [-0.39, 0.29) is 10.8 Å². The fourth-order valence-electron chi connectivity index (χ4n) is 2.57. The van der Waals surface area contributed by atoms with E-state index in [9.17, 15) is 13.2 Å². The van der Waals surface area contributed by atoms with E-state index < -0.39 is 10.0 Å². The number of rotatable bonds is 7. The van der Waals surface area contributed by atoms with Crippen LogP contribution in [-0.2, 0) is 16.6 Å². The number of sulfonamides is 1. The standard InChI is InChI=1S/C17H24N4O3S/c1-13-12-14(2)21(19-13)11-5-10-20(4)25(23,24)16-8-6-15(7-9-16)17(22)18-3/h6-9,12H,5,10-11H2,1-4H3,(H,18,22). The molecule has 136 valence electrons. The number of benzene rings is 1. The van der Waals surface area contributed by atoms with Crippen LogP contribution in [0.25, 0.3) is 0 Å². The second kappa shape index (κ2) is 7.79. The lowest BCUT2D eigenvalue weighted by atomic mass is 10.2. The molecule has 1 amide bonds. The van der Waals surface area contributed by atoms with Crippen LogP contribution in [0.5, 0.6) is 0 Å². The van der Waals surface area contributed by atoms with Crippen molar-refractivity contribution < 1.29 is 13.2 Å². The lowest BCUT2D eigenvalue weighted by molar-refractivity contribution is 0.0963. The van der Waals surface area contributed by atoms with Crippen LogP contribution < -0.4 is 5.32 Å². The minimum atomic E-state index is -3.58. The third-order valence-corrected chi connectivity index (χ3v) is 5.87. The number of aryl methyl sites for hydroxylation is 3. The van der Waals surface area contributed by atoms with Crippen LogP contribution in [0.4, 0.5) is 0 Å².